The summed E-state index contributed by atoms with van der Waals surface area (Å²) in [4.78, 5) is 7.79. The molecule has 2 N–H and O–H groups in total. The highest BCUT2D eigenvalue weighted by Gasteiger charge is 2.23. The van der Waals surface area contributed by atoms with Gasteiger partial charge in [-0.05, 0) is 30.3 Å². The Bertz CT molecular complexity index is 1250. The number of nitrogens with zero attached hydrogens (tertiary/aromatic N) is 3. The van der Waals surface area contributed by atoms with Gasteiger partial charge in [-0.3, -0.25) is 9.97 Å². The highest BCUT2D eigenvalue weighted by molar-refractivity contribution is 7.90. The van der Waals surface area contributed by atoms with Crippen LogP contribution in [-0.4, -0.2) is 22.4 Å². The summed E-state index contributed by atoms with van der Waals surface area (Å²) in [6.07, 6.45) is 5.86. The van der Waals surface area contributed by atoms with Crippen LogP contribution in [0.1, 0.15) is 0 Å². The Hall–Kier alpha value is -3.33. The van der Waals surface area contributed by atoms with Crippen LogP contribution in [-0.2, 0) is 10.0 Å². The fourth-order valence-corrected chi connectivity index (χ4v) is 4.15. The van der Waals surface area contributed by atoms with E-state index in [1.54, 1.807) is 36.7 Å². The number of hydrogen-bond donors (Lipinski definition) is 1. The van der Waals surface area contributed by atoms with Crippen molar-refractivity contribution in [2.45, 2.75) is 4.90 Å². The van der Waals surface area contributed by atoms with Gasteiger partial charge in [-0.25, -0.2) is 21.2 Å². The SMILES string of the molecule is Nc1c(F)cc(S(=O)(=O)n2ccc3c(-c4ccccn4)cncc32)cc1F. The third kappa shape index (κ3) is 2.72. The molecule has 0 saturated carbocycles. The monoisotopic (exact) mass is 386 g/mol. The van der Waals surface area contributed by atoms with Crippen molar-refractivity contribution in [3.63, 3.8) is 0 Å². The molecule has 0 saturated heterocycles. The Balaban J connectivity index is 1.93. The number of benzene rings is 1. The molecule has 0 unspecified atom stereocenters. The first-order chi connectivity index (χ1) is 12.9. The Morgan fingerprint density at radius 1 is 1.04 bits per heavy atom. The van der Waals surface area contributed by atoms with E-state index in [0.29, 0.717) is 28.8 Å². The molecule has 6 nitrogen and oxygen atoms in total. The number of nitrogen functional groups attached to an aromatic ring is 1. The molecule has 0 radical (unpaired) electrons. The summed E-state index contributed by atoms with van der Waals surface area (Å²) in [6.45, 7) is 0. The van der Waals surface area contributed by atoms with E-state index in [1.165, 1.54) is 12.4 Å². The Morgan fingerprint density at radius 2 is 1.78 bits per heavy atom. The van der Waals surface area contributed by atoms with Crippen molar-refractivity contribution in [2.24, 2.45) is 0 Å². The fraction of sp³-hybridized carbons (Fsp3) is 0. The Labute approximate surface area is 153 Å². The third-order valence-electron chi connectivity index (χ3n) is 4.13. The highest BCUT2D eigenvalue weighted by atomic mass is 32.2. The number of nitrogens with two attached hydrogens (primary N) is 1. The van der Waals surface area contributed by atoms with E-state index in [4.69, 9.17) is 5.73 Å². The van der Waals surface area contributed by atoms with Gasteiger partial charge in [0.05, 0.1) is 22.3 Å². The summed E-state index contributed by atoms with van der Waals surface area (Å²) in [7, 11) is -4.26. The lowest BCUT2D eigenvalue weighted by atomic mass is 10.1. The van der Waals surface area contributed by atoms with E-state index in [-0.39, 0.29) is 5.52 Å². The Morgan fingerprint density at radius 3 is 2.44 bits per heavy atom. The maximum Gasteiger partial charge on any atom is 0.268 e. The predicted molar refractivity (Wildman–Crippen MR) is 96.3 cm³/mol. The van der Waals surface area contributed by atoms with E-state index in [1.807, 2.05) is 0 Å². The number of hydrogen-bond acceptors (Lipinski definition) is 5. The highest BCUT2D eigenvalue weighted by Crippen LogP contribution is 2.30. The molecular formula is C18H12F2N4O2S. The van der Waals surface area contributed by atoms with Crippen molar-refractivity contribution in [3.05, 3.63) is 72.8 Å². The summed E-state index contributed by atoms with van der Waals surface area (Å²) < 4.78 is 54.3. The number of fused-ring (bicyclic) bond motifs is 1. The molecule has 0 fully saturated rings. The van der Waals surface area contributed by atoms with Crippen LogP contribution in [0.3, 0.4) is 0 Å². The van der Waals surface area contributed by atoms with Gasteiger partial charge in [-0.2, -0.15) is 0 Å². The third-order valence-corrected chi connectivity index (χ3v) is 5.80. The molecule has 136 valence electrons. The van der Waals surface area contributed by atoms with Crippen LogP contribution >= 0.6 is 0 Å². The van der Waals surface area contributed by atoms with Crippen LogP contribution in [0.25, 0.3) is 22.2 Å². The summed E-state index contributed by atoms with van der Waals surface area (Å²) in [5, 5.41) is 0.587. The molecule has 0 atom stereocenters. The quantitative estimate of drug-likeness (QED) is 0.546. The minimum absolute atomic E-state index is 0.260. The molecule has 0 spiro atoms. The van der Waals surface area contributed by atoms with E-state index in [2.05, 4.69) is 9.97 Å². The standard InChI is InChI=1S/C18H12F2N4O2S/c19-14-7-11(8-15(20)18(14)21)27(25,26)24-6-4-12-13(9-22-10-17(12)24)16-3-1-2-5-23-16/h1-10H,21H2. The topological polar surface area (TPSA) is 90.9 Å². The molecule has 0 aliphatic carbocycles. The maximum atomic E-state index is 13.8. The van der Waals surface area contributed by atoms with Gasteiger partial charge in [-0.15, -0.1) is 0 Å². The van der Waals surface area contributed by atoms with Gasteiger partial charge in [0.2, 0.25) is 0 Å². The van der Waals surface area contributed by atoms with E-state index in [9.17, 15) is 17.2 Å². The van der Waals surface area contributed by atoms with Crippen LogP contribution in [0.4, 0.5) is 14.5 Å². The van der Waals surface area contributed by atoms with Crippen LogP contribution in [0.2, 0.25) is 0 Å². The van der Waals surface area contributed by atoms with Crippen molar-refractivity contribution in [2.75, 3.05) is 5.73 Å². The maximum absolute atomic E-state index is 13.8. The molecule has 3 heterocycles. The van der Waals surface area contributed by atoms with Gasteiger partial charge in [0.1, 0.15) is 17.3 Å². The molecule has 4 aromatic rings. The van der Waals surface area contributed by atoms with Gasteiger partial charge < -0.3 is 5.73 Å². The molecule has 1 aromatic carbocycles. The molecule has 0 bridgehead atoms. The first-order valence-electron chi connectivity index (χ1n) is 7.76. The molecule has 0 amide bonds. The molecule has 27 heavy (non-hydrogen) atoms. The van der Waals surface area contributed by atoms with E-state index in [0.717, 1.165) is 3.97 Å². The van der Waals surface area contributed by atoms with Crippen LogP contribution in [0, 0.1) is 11.6 Å². The second-order valence-electron chi connectivity index (χ2n) is 5.75. The Kier molecular flexibility index (Phi) is 3.88. The van der Waals surface area contributed by atoms with Crippen molar-refractivity contribution in [1.29, 1.82) is 0 Å². The number of anilines is 1. The van der Waals surface area contributed by atoms with Gasteiger partial charge in [0, 0.05) is 29.5 Å². The second kappa shape index (κ2) is 6.13. The smallest absolute Gasteiger partial charge is 0.268 e. The fourth-order valence-electron chi connectivity index (χ4n) is 2.79. The van der Waals surface area contributed by atoms with Gasteiger partial charge >= 0.3 is 0 Å². The lowest BCUT2D eigenvalue weighted by Gasteiger charge is -2.10. The molecule has 0 aliphatic rings. The number of halogens is 2. The van der Waals surface area contributed by atoms with Crippen LogP contribution < -0.4 is 5.73 Å². The van der Waals surface area contributed by atoms with E-state index < -0.39 is 32.2 Å². The number of rotatable bonds is 3. The van der Waals surface area contributed by atoms with Crippen molar-refractivity contribution in [1.82, 2.24) is 13.9 Å². The predicted octanol–water partition coefficient (Wildman–Crippen LogP) is 3.20. The minimum atomic E-state index is -4.26. The molecule has 3 aromatic heterocycles. The average Bonchev–Trinajstić information content (AvgIpc) is 3.11. The molecular weight excluding hydrogens is 374 g/mol. The molecule has 0 aliphatic heterocycles. The average molecular weight is 386 g/mol. The normalized spacial score (nSPS) is 11.8. The summed E-state index contributed by atoms with van der Waals surface area (Å²) in [6, 6.07) is 8.30. The number of aromatic nitrogens is 3. The van der Waals surface area contributed by atoms with Gasteiger partial charge in [-0.1, -0.05) is 6.07 Å². The zero-order chi connectivity index (χ0) is 19.2. The summed E-state index contributed by atoms with van der Waals surface area (Å²) in [5.41, 5.74) is 6.00. The van der Waals surface area contributed by atoms with Crippen LogP contribution in [0.5, 0.6) is 0 Å². The van der Waals surface area contributed by atoms with Gasteiger partial charge in [0.15, 0.2) is 0 Å². The first-order valence-corrected chi connectivity index (χ1v) is 9.20. The first kappa shape index (κ1) is 17.1. The number of pyridine rings is 2. The molecule has 9 heteroatoms. The van der Waals surface area contributed by atoms with Gasteiger partial charge in [0.25, 0.3) is 10.0 Å². The van der Waals surface area contributed by atoms with E-state index >= 15 is 0 Å². The summed E-state index contributed by atoms with van der Waals surface area (Å²) >= 11 is 0. The molecule has 4 rings (SSSR count). The second-order valence-corrected chi connectivity index (χ2v) is 7.57. The zero-order valence-corrected chi connectivity index (χ0v) is 14.5. The van der Waals surface area contributed by atoms with Crippen LogP contribution in [0.15, 0.2) is 66.1 Å². The largest absolute Gasteiger partial charge is 0.394 e. The van der Waals surface area contributed by atoms with Crippen molar-refractivity contribution < 1.29 is 17.2 Å². The lowest BCUT2D eigenvalue weighted by Crippen LogP contribution is -2.13. The summed E-state index contributed by atoms with van der Waals surface area (Å²) in [5.74, 6) is -2.28. The van der Waals surface area contributed by atoms with Crippen molar-refractivity contribution >= 4 is 26.6 Å². The zero-order valence-electron chi connectivity index (χ0n) is 13.7. The lowest BCUT2D eigenvalue weighted by molar-refractivity contribution is 0.570. The van der Waals surface area contributed by atoms with Crippen molar-refractivity contribution in [3.8, 4) is 11.3 Å². The minimum Gasteiger partial charge on any atom is -0.394 e.